The quantitative estimate of drug-likeness (QED) is 0.874. The van der Waals surface area contributed by atoms with Crippen LogP contribution in [0.1, 0.15) is 36.2 Å². The van der Waals surface area contributed by atoms with E-state index in [1.165, 1.54) is 6.26 Å². The average molecular weight is 349 g/mol. The van der Waals surface area contributed by atoms with Gasteiger partial charge < -0.3 is 10.3 Å². The van der Waals surface area contributed by atoms with E-state index in [4.69, 9.17) is 0 Å². The molecule has 7 heteroatoms. The van der Waals surface area contributed by atoms with Crippen LogP contribution in [0.5, 0.6) is 0 Å². The van der Waals surface area contributed by atoms with E-state index in [1.54, 1.807) is 12.3 Å². The summed E-state index contributed by atoms with van der Waals surface area (Å²) >= 11 is 3.27. The third-order valence-electron chi connectivity index (χ3n) is 3.46. The highest BCUT2D eigenvalue weighted by Gasteiger charge is 2.29. The van der Waals surface area contributed by atoms with Crippen LogP contribution in [0.25, 0.3) is 0 Å². The number of H-pyrrole nitrogens is 1. The maximum Gasteiger partial charge on any atom is 0.267 e. The molecule has 19 heavy (non-hydrogen) atoms. The maximum absolute atomic E-state index is 12.0. The summed E-state index contributed by atoms with van der Waals surface area (Å²) in [6.07, 6.45) is 5.82. The molecule has 106 valence electrons. The van der Waals surface area contributed by atoms with Gasteiger partial charge in [-0.1, -0.05) is 6.42 Å². The van der Waals surface area contributed by atoms with Crippen LogP contribution in [0.4, 0.5) is 0 Å². The van der Waals surface area contributed by atoms with E-state index in [1.807, 2.05) is 0 Å². The molecule has 1 aliphatic carbocycles. The zero-order valence-corrected chi connectivity index (χ0v) is 13.1. The highest BCUT2D eigenvalue weighted by atomic mass is 79.9. The predicted molar refractivity (Wildman–Crippen MR) is 76.8 cm³/mol. The van der Waals surface area contributed by atoms with E-state index in [9.17, 15) is 13.2 Å². The Kier molecular flexibility index (Phi) is 4.35. The number of carbonyl (C=O) groups excluding carboxylic acids is 1. The van der Waals surface area contributed by atoms with Crippen LogP contribution in [0.3, 0.4) is 0 Å². The molecule has 0 aliphatic heterocycles. The van der Waals surface area contributed by atoms with Gasteiger partial charge in [0.25, 0.3) is 5.91 Å². The normalized spacial score (nSPS) is 24.1. The molecule has 2 atom stereocenters. The molecule has 1 saturated carbocycles. The number of aromatic nitrogens is 1. The largest absolute Gasteiger partial charge is 0.356 e. The Labute approximate surface area is 121 Å². The second kappa shape index (κ2) is 5.66. The van der Waals surface area contributed by atoms with Gasteiger partial charge in [0.15, 0.2) is 0 Å². The van der Waals surface area contributed by atoms with Crippen molar-refractivity contribution in [1.82, 2.24) is 10.3 Å². The molecular weight excluding hydrogens is 332 g/mol. The molecular formula is C12H17BrN2O3S. The Morgan fingerprint density at radius 3 is 2.79 bits per heavy atom. The van der Waals surface area contributed by atoms with Crippen molar-refractivity contribution in [2.45, 2.75) is 37.0 Å². The monoisotopic (exact) mass is 348 g/mol. The SMILES string of the molecule is CS(=O)(=O)[C@@H]1CCC[C@H](NC(=O)c2cc(Br)c[nH]2)C1. The number of hydrogen-bond acceptors (Lipinski definition) is 3. The molecule has 0 aromatic carbocycles. The molecule has 0 unspecified atom stereocenters. The number of rotatable bonds is 3. The molecule has 0 bridgehead atoms. The minimum absolute atomic E-state index is 0.0666. The van der Waals surface area contributed by atoms with Crippen LogP contribution >= 0.6 is 15.9 Å². The first-order chi connectivity index (χ1) is 8.86. The van der Waals surface area contributed by atoms with Gasteiger partial charge >= 0.3 is 0 Å². The molecule has 5 nitrogen and oxygen atoms in total. The van der Waals surface area contributed by atoms with Gasteiger partial charge in [0.1, 0.15) is 15.5 Å². The average Bonchev–Trinajstić information content (AvgIpc) is 2.75. The zero-order chi connectivity index (χ0) is 14.0. The lowest BCUT2D eigenvalue weighted by atomic mass is 9.95. The van der Waals surface area contributed by atoms with Crippen LogP contribution in [-0.2, 0) is 9.84 Å². The Bertz CT molecular complexity index is 567. The van der Waals surface area contributed by atoms with E-state index < -0.39 is 9.84 Å². The van der Waals surface area contributed by atoms with E-state index >= 15 is 0 Å². The van der Waals surface area contributed by atoms with Crippen molar-refractivity contribution in [3.63, 3.8) is 0 Å². The molecule has 0 spiro atoms. The topological polar surface area (TPSA) is 79.0 Å². The van der Waals surface area contributed by atoms with Crippen molar-refractivity contribution in [3.8, 4) is 0 Å². The zero-order valence-electron chi connectivity index (χ0n) is 10.6. The number of halogens is 1. The van der Waals surface area contributed by atoms with Crippen molar-refractivity contribution in [2.24, 2.45) is 0 Å². The fourth-order valence-electron chi connectivity index (χ4n) is 2.43. The highest BCUT2D eigenvalue weighted by molar-refractivity contribution is 9.10. The molecule has 1 aliphatic rings. The summed E-state index contributed by atoms with van der Waals surface area (Å²) in [6.45, 7) is 0. The fourth-order valence-corrected chi connectivity index (χ4v) is 3.95. The lowest BCUT2D eigenvalue weighted by Gasteiger charge is -2.28. The fraction of sp³-hybridized carbons (Fsp3) is 0.583. The molecule has 1 aromatic heterocycles. The van der Waals surface area contributed by atoms with Gasteiger partial charge in [0, 0.05) is 23.0 Å². The summed E-state index contributed by atoms with van der Waals surface area (Å²) in [5, 5.41) is 2.56. The van der Waals surface area contributed by atoms with Gasteiger partial charge in [-0.3, -0.25) is 4.79 Å². The molecule has 1 fully saturated rings. The highest BCUT2D eigenvalue weighted by Crippen LogP contribution is 2.24. The van der Waals surface area contributed by atoms with E-state index in [0.717, 1.165) is 17.3 Å². The number of nitrogens with one attached hydrogen (secondary N) is 2. The molecule has 1 amide bonds. The van der Waals surface area contributed by atoms with Gasteiger partial charge in [-0.05, 0) is 41.3 Å². The van der Waals surface area contributed by atoms with Crippen molar-refractivity contribution in [2.75, 3.05) is 6.26 Å². The van der Waals surface area contributed by atoms with Crippen molar-refractivity contribution < 1.29 is 13.2 Å². The van der Waals surface area contributed by atoms with E-state index in [-0.39, 0.29) is 17.2 Å². The van der Waals surface area contributed by atoms with E-state index in [0.29, 0.717) is 18.5 Å². The number of sulfone groups is 1. The van der Waals surface area contributed by atoms with Crippen LogP contribution < -0.4 is 5.32 Å². The number of amides is 1. The van der Waals surface area contributed by atoms with Gasteiger partial charge in [-0.2, -0.15) is 0 Å². The van der Waals surface area contributed by atoms with Crippen LogP contribution in [0, 0.1) is 0 Å². The molecule has 2 rings (SSSR count). The standard InChI is InChI=1S/C12H17BrN2O3S/c1-19(17,18)10-4-2-3-9(6-10)15-12(16)11-5-8(13)7-14-11/h5,7,9-10,14H,2-4,6H2,1H3,(H,15,16)/t9-,10+/m0/s1. The van der Waals surface area contributed by atoms with Gasteiger partial charge in [0.05, 0.1) is 5.25 Å². The van der Waals surface area contributed by atoms with Gasteiger partial charge in [0.2, 0.25) is 0 Å². The summed E-state index contributed by atoms with van der Waals surface area (Å²) in [6, 6.07) is 1.63. The third kappa shape index (κ3) is 3.82. The lowest BCUT2D eigenvalue weighted by molar-refractivity contribution is 0.0923. The van der Waals surface area contributed by atoms with Crippen LogP contribution in [0.2, 0.25) is 0 Å². The first kappa shape index (κ1) is 14.6. The number of carbonyl (C=O) groups is 1. The molecule has 0 radical (unpaired) electrons. The molecule has 0 saturated heterocycles. The second-order valence-corrected chi connectivity index (χ2v) is 8.26. The van der Waals surface area contributed by atoms with Crippen molar-refractivity contribution in [1.29, 1.82) is 0 Å². The van der Waals surface area contributed by atoms with Crippen LogP contribution in [0.15, 0.2) is 16.7 Å². The number of hydrogen-bond donors (Lipinski definition) is 2. The van der Waals surface area contributed by atoms with E-state index in [2.05, 4.69) is 26.2 Å². The summed E-state index contributed by atoms with van der Waals surface area (Å²) in [7, 11) is -3.02. The Balaban J connectivity index is 1.98. The minimum atomic E-state index is -3.02. The Morgan fingerprint density at radius 1 is 1.47 bits per heavy atom. The van der Waals surface area contributed by atoms with Crippen LogP contribution in [-0.4, -0.2) is 36.9 Å². The summed E-state index contributed by atoms with van der Waals surface area (Å²) in [4.78, 5) is 14.8. The Morgan fingerprint density at radius 2 is 2.21 bits per heavy atom. The van der Waals surface area contributed by atoms with Crippen molar-refractivity contribution in [3.05, 3.63) is 22.4 Å². The molecule has 2 N–H and O–H groups in total. The van der Waals surface area contributed by atoms with Gasteiger partial charge in [-0.25, -0.2) is 8.42 Å². The third-order valence-corrected chi connectivity index (χ3v) is 5.56. The predicted octanol–water partition coefficient (Wildman–Crippen LogP) is 1.86. The van der Waals surface area contributed by atoms with Gasteiger partial charge in [-0.15, -0.1) is 0 Å². The minimum Gasteiger partial charge on any atom is -0.356 e. The molecule has 1 heterocycles. The second-order valence-electron chi connectivity index (χ2n) is 5.02. The lowest BCUT2D eigenvalue weighted by Crippen LogP contribution is -2.41. The summed E-state index contributed by atoms with van der Waals surface area (Å²) in [5.41, 5.74) is 0.480. The molecule has 1 aromatic rings. The summed E-state index contributed by atoms with van der Waals surface area (Å²) < 4.78 is 23.9. The smallest absolute Gasteiger partial charge is 0.267 e. The maximum atomic E-state index is 12.0. The first-order valence-corrected chi connectivity index (χ1v) is 8.94. The van der Waals surface area contributed by atoms with Crippen molar-refractivity contribution >= 4 is 31.7 Å². The first-order valence-electron chi connectivity index (χ1n) is 6.20. The summed E-state index contributed by atoms with van der Waals surface area (Å²) in [5.74, 6) is -0.190. The Hall–Kier alpha value is -0.820. The number of aromatic amines is 1.